The van der Waals surface area contributed by atoms with E-state index in [0.717, 1.165) is 14.7 Å². The van der Waals surface area contributed by atoms with Gasteiger partial charge in [0.05, 0.1) is 6.42 Å². The normalized spacial score (nSPS) is 10.0. The molecule has 4 nitrogen and oxygen atoms in total. The van der Waals surface area contributed by atoms with Gasteiger partial charge in [-0.1, -0.05) is 30.3 Å². The molecule has 0 saturated carbocycles. The number of hydrogen-bond acceptors (Lipinski definition) is 3. The highest BCUT2D eigenvalue weighted by Crippen LogP contribution is 2.13. The first-order valence-electron chi connectivity index (χ1n) is 6.31. The number of anilines is 1. The van der Waals surface area contributed by atoms with Gasteiger partial charge < -0.3 is 10.6 Å². The van der Waals surface area contributed by atoms with Gasteiger partial charge in [-0.25, -0.2) is 4.98 Å². The van der Waals surface area contributed by atoms with Gasteiger partial charge in [0.15, 0.2) is 5.11 Å². The highest BCUT2D eigenvalue weighted by atomic mass is 127. The molecule has 2 N–H and O–H groups in total. The van der Waals surface area contributed by atoms with Crippen LogP contribution in [0.5, 0.6) is 0 Å². The number of amides is 1. The molecule has 0 aliphatic carbocycles. The fourth-order valence-corrected chi connectivity index (χ4v) is 2.58. The first-order chi connectivity index (χ1) is 10.0. The maximum Gasteiger partial charge on any atom is 0.230 e. The molecule has 21 heavy (non-hydrogen) atoms. The van der Waals surface area contributed by atoms with Gasteiger partial charge in [0.2, 0.25) is 5.91 Å². The molecule has 1 aromatic heterocycles. The number of thiocarbonyl (C=S) groups is 1. The summed E-state index contributed by atoms with van der Waals surface area (Å²) in [5.41, 5.74) is 1.92. The summed E-state index contributed by atoms with van der Waals surface area (Å²) in [6, 6.07) is 11.5. The number of carbonyl (C=O) groups is 1. The smallest absolute Gasteiger partial charge is 0.230 e. The fraction of sp³-hybridized carbons (Fsp3) is 0.133. The van der Waals surface area contributed by atoms with E-state index >= 15 is 0 Å². The minimum atomic E-state index is -0.151. The number of pyridine rings is 1. The third-order valence-corrected chi connectivity index (χ3v) is 3.53. The van der Waals surface area contributed by atoms with Crippen molar-refractivity contribution < 1.29 is 4.79 Å². The predicted octanol–water partition coefficient (Wildman–Crippen LogP) is 3.05. The number of aryl methyl sites for hydroxylation is 1. The Hall–Kier alpha value is -1.54. The van der Waals surface area contributed by atoms with Crippen LogP contribution in [0.4, 0.5) is 5.82 Å². The molecule has 0 fully saturated rings. The van der Waals surface area contributed by atoms with Crippen molar-refractivity contribution in [1.82, 2.24) is 10.3 Å². The van der Waals surface area contributed by atoms with Crippen molar-refractivity contribution >= 4 is 51.6 Å². The van der Waals surface area contributed by atoms with Crippen molar-refractivity contribution in [2.45, 2.75) is 13.3 Å². The Morgan fingerprint density at radius 1 is 1.33 bits per heavy atom. The zero-order valence-corrected chi connectivity index (χ0v) is 14.4. The Labute approximate surface area is 142 Å². The van der Waals surface area contributed by atoms with Gasteiger partial charge in [-0.15, -0.1) is 0 Å². The largest absolute Gasteiger partial charge is 0.317 e. The number of rotatable bonds is 3. The van der Waals surface area contributed by atoms with Crippen molar-refractivity contribution in [3.05, 3.63) is 57.3 Å². The van der Waals surface area contributed by atoms with Gasteiger partial charge in [0.1, 0.15) is 5.82 Å². The standard InChI is InChI=1S/C15H14IN3OS/c1-10-7-12(16)9-17-14(10)19-15(21)18-13(20)8-11-5-3-2-4-6-11/h2-7,9H,8H2,1H3,(H2,17,18,19,20,21). The third kappa shape index (κ3) is 5.05. The second kappa shape index (κ2) is 7.46. The molecule has 0 bridgehead atoms. The molecule has 1 heterocycles. The SMILES string of the molecule is Cc1cc(I)cnc1NC(=S)NC(=O)Cc1ccccc1. The average molecular weight is 411 g/mol. The van der Waals surface area contributed by atoms with E-state index in [2.05, 4.69) is 38.2 Å². The van der Waals surface area contributed by atoms with E-state index < -0.39 is 0 Å². The lowest BCUT2D eigenvalue weighted by Gasteiger charge is -2.11. The predicted molar refractivity (Wildman–Crippen MR) is 96.2 cm³/mol. The maximum atomic E-state index is 11.9. The molecular formula is C15H14IN3OS. The lowest BCUT2D eigenvalue weighted by molar-refractivity contribution is -0.119. The number of nitrogens with one attached hydrogen (secondary N) is 2. The minimum Gasteiger partial charge on any atom is -0.317 e. The molecule has 1 aromatic carbocycles. The molecule has 1 amide bonds. The molecule has 0 aliphatic heterocycles. The first-order valence-corrected chi connectivity index (χ1v) is 7.80. The molecular weight excluding hydrogens is 397 g/mol. The molecule has 6 heteroatoms. The van der Waals surface area contributed by atoms with Crippen LogP contribution in [0, 0.1) is 10.5 Å². The lowest BCUT2D eigenvalue weighted by atomic mass is 10.1. The van der Waals surface area contributed by atoms with Crippen molar-refractivity contribution in [3.63, 3.8) is 0 Å². The number of hydrogen-bond donors (Lipinski definition) is 2. The number of carbonyl (C=O) groups excluding carboxylic acids is 1. The van der Waals surface area contributed by atoms with Gasteiger partial charge in [0, 0.05) is 9.77 Å². The Bertz CT molecular complexity index is 661. The van der Waals surface area contributed by atoms with Crippen LogP contribution in [-0.4, -0.2) is 16.0 Å². The number of nitrogens with zero attached hydrogens (tertiary/aromatic N) is 1. The van der Waals surface area contributed by atoms with E-state index in [-0.39, 0.29) is 11.0 Å². The lowest BCUT2D eigenvalue weighted by Crippen LogP contribution is -2.35. The van der Waals surface area contributed by atoms with Crippen LogP contribution in [0.15, 0.2) is 42.6 Å². The Morgan fingerprint density at radius 3 is 2.71 bits per heavy atom. The van der Waals surface area contributed by atoms with Gasteiger partial charge >= 0.3 is 0 Å². The van der Waals surface area contributed by atoms with Gasteiger partial charge in [-0.05, 0) is 58.9 Å². The van der Waals surface area contributed by atoms with Crippen molar-refractivity contribution in [2.75, 3.05) is 5.32 Å². The summed E-state index contributed by atoms with van der Waals surface area (Å²) in [6.45, 7) is 1.94. The second-order valence-electron chi connectivity index (χ2n) is 4.48. The van der Waals surface area contributed by atoms with Crippen LogP contribution in [0.25, 0.3) is 0 Å². The Kier molecular flexibility index (Phi) is 5.63. The summed E-state index contributed by atoms with van der Waals surface area (Å²) < 4.78 is 1.05. The zero-order chi connectivity index (χ0) is 15.2. The summed E-state index contributed by atoms with van der Waals surface area (Å²) in [6.07, 6.45) is 2.03. The summed E-state index contributed by atoms with van der Waals surface area (Å²) in [5, 5.41) is 5.85. The van der Waals surface area contributed by atoms with Crippen LogP contribution >= 0.6 is 34.8 Å². The monoisotopic (exact) mass is 411 g/mol. The number of benzene rings is 1. The van der Waals surface area contributed by atoms with E-state index in [1.54, 1.807) is 6.20 Å². The summed E-state index contributed by atoms with van der Waals surface area (Å²) in [5.74, 6) is 0.502. The molecule has 108 valence electrons. The fourth-order valence-electron chi connectivity index (χ4n) is 1.76. The maximum absolute atomic E-state index is 11.9. The second-order valence-corrected chi connectivity index (χ2v) is 6.14. The van der Waals surface area contributed by atoms with Crippen molar-refractivity contribution in [2.24, 2.45) is 0 Å². The minimum absolute atomic E-state index is 0.151. The van der Waals surface area contributed by atoms with Crippen LogP contribution in [0.1, 0.15) is 11.1 Å². The van der Waals surface area contributed by atoms with Crippen molar-refractivity contribution in [3.8, 4) is 0 Å². The first kappa shape index (κ1) is 15.8. The molecule has 0 aliphatic rings. The van der Waals surface area contributed by atoms with Crippen LogP contribution in [0.2, 0.25) is 0 Å². The summed E-state index contributed by atoms with van der Waals surface area (Å²) in [7, 11) is 0. The van der Waals surface area contributed by atoms with E-state index in [9.17, 15) is 4.79 Å². The van der Waals surface area contributed by atoms with Crippen LogP contribution in [-0.2, 0) is 11.2 Å². The average Bonchev–Trinajstić information content (AvgIpc) is 2.43. The van der Waals surface area contributed by atoms with Gasteiger partial charge in [-0.3, -0.25) is 4.79 Å². The molecule has 0 unspecified atom stereocenters. The van der Waals surface area contributed by atoms with E-state index in [4.69, 9.17) is 12.2 Å². The molecule has 2 aromatic rings. The molecule has 2 rings (SSSR count). The Balaban J connectivity index is 1.91. The quantitative estimate of drug-likeness (QED) is 0.603. The molecule has 0 spiro atoms. The van der Waals surface area contributed by atoms with E-state index in [1.807, 2.05) is 43.3 Å². The zero-order valence-electron chi connectivity index (χ0n) is 11.4. The van der Waals surface area contributed by atoms with Gasteiger partial charge in [0.25, 0.3) is 0 Å². The molecule has 0 atom stereocenters. The summed E-state index contributed by atoms with van der Waals surface area (Å²) >= 11 is 7.33. The summed E-state index contributed by atoms with van der Waals surface area (Å²) in [4.78, 5) is 16.1. The highest BCUT2D eigenvalue weighted by molar-refractivity contribution is 14.1. The number of aromatic nitrogens is 1. The Morgan fingerprint density at radius 2 is 2.05 bits per heavy atom. The van der Waals surface area contributed by atoms with Crippen LogP contribution in [0.3, 0.4) is 0 Å². The molecule has 0 radical (unpaired) electrons. The number of halogens is 1. The topological polar surface area (TPSA) is 54.0 Å². The van der Waals surface area contributed by atoms with Crippen LogP contribution < -0.4 is 10.6 Å². The highest BCUT2D eigenvalue weighted by Gasteiger charge is 2.08. The van der Waals surface area contributed by atoms with E-state index in [1.165, 1.54) is 0 Å². The van der Waals surface area contributed by atoms with E-state index in [0.29, 0.717) is 12.2 Å². The van der Waals surface area contributed by atoms with Gasteiger partial charge in [-0.2, -0.15) is 0 Å². The third-order valence-electron chi connectivity index (χ3n) is 2.74. The molecule has 0 saturated heterocycles. The van der Waals surface area contributed by atoms with Crippen molar-refractivity contribution in [1.29, 1.82) is 0 Å².